The van der Waals surface area contributed by atoms with E-state index in [2.05, 4.69) is 6.07 Å². The molecule has 3 rings (SSSR count). The van der Waals surface area contributed by atoms with E-state index in [1.165, 1.54) is 0 Å². The monoisotopic (exact) mass is 212 g/mol. The third-order valence-corrected chi connectivity index (χ3v) is 2.82. The zero-order valence-electron chi connectivity index (χ0n) is 7.94. The van der Waals surface area contributed by atoms with E-state index >= 15 is 0 Å². The molecular formula is C13H8OS. The molecule has 0 saturated heterocycles. The van der Waals surface area contributed by atoms with Crippen LogP contribution in [-0.2, 0) is 0 Å². The van der Waals surface area contributed by atoms with Crippen LogP contribution in [0.25, 0.3) is 21.9 Å². The van der Waals surface area contributed by atoms with Crippen molar-refractivity contribution in [1.82, 2.24) is 0 Å². The fraction of sp³-hybridized carbons (Fsp3) is 0. The molecule has 0 aliphatic carbocycles. The van der Waals surface area contributed by atoms with Crippen molar-refractivity contribution < 1.29 is 4.42 Å². The molecule has 1 aromatic heterocycles. The Kier molecular flexibility index (Phi) is 1.82. The van der Waals surface area contributed by atoms with Gasteiger partial charge in [-0.2, -0.15) is 0 Å². The first kappa shape index (κ1) is 8.62. The van der Waals surface area contributed by atoms with Gasteiger partial charge in [0.2, 0.25) is 0 Å². The Bertz CT molecular complexity index is 652. The summed E-state index contributed by atoms with van der Waals surface area (Å²) in [6, 6.07) is 14.0. The molecule has 0 N–H and O–H groups in total. The molecule has 0 atom stereocenters. The van der Waals surface area contributed by atoms with E-state index in [1.54, 1.807) is 5.37 Å². The lowest BCUT2D eigenvalue weighted by molar-refractivity contribution is 0.669. The summed E-state index contributed by atoms with van der Waals surface area (Å²) < 4.78 is 5.73. The summed E-state index contributed by atoms with van der Waals surface area (Å²) in [5, 5.41) is 3.94. The van der Waals surface area contributed by atoms with Crippen LogP contribution in [0.2, 0.25) is 0 Å². The van der Waals surface area contributed by atoms with E-state index in [0.717, 1.165) is 27.5 Å². The summed E-state index contributed by atoms with van der Waals surface area (Å²) in [5.41, 5.74) is 2.86. The van der Waals surface area contributed by atoms with E-state index in [1.807, 2.05) is 36.4 Å². The average Bonchev–Trinajstić information content (AvgIpc) is 2.67. The summed E-state index contributed by atoms with van der Waals surface area (Å²) in [5.74, 6) is 0. The Morgan fingerprint density at radius 2 is 1.73 bits per heavy atom. The van der Waals surface area contributed by atoms with Gasteiger partial charge in [-0.15, -0.1) is 0 Å². The topological polar surface area (TPSA) is 13.1 Å². The van der Waals surface area contributed by atoms with Crippen molar-refractivity contribution in [2.45, 2.75) is 0 Å². The zero-order valence-corrected chi connectivity index (χ0v) is 8.75. The second-order valence-corrected chi connectivity index (χ2v) is 3.67. The predicted octanol–water partition coefficient (Wildman–Crippen LogP) is 3.93. The second-order valence-electron chi connectivity index (χ2n) is 3.44. The van der Waals surface area contributed by atoms with Crippen molar-refractivity contribution in [1.29, 1.82) is 0 Å². The first-order valence-corrected chi connectivity index (χ1v) is 5.23. The van der Waals surface area contributed by atoms with Gasteiger partial charge in [0.25, 0.3) is 0 Å². The highest BCUT2D eigenvalue weighted by Crippen LogP contribution is 2.30. The smallest absolute Gasteiger partial charge is 0.136 e. The van der Waals surface area contributed by atoms with Crippen molar-refractivity contribution in [3.8, 4) is 0 Å². The molecule has 15 heavy (non-hydrogen) atoms. The van der Waals surface area contributed by atoms with E-state index in [9.17, 15) is 0 Å². The van der Waals surface area contributed by atoms with Crippen LogP contribution in [0.1, 0.15) is 5.56 Å². The zero-order chi connectivity index (χ0) is 10.3. The maximum atomic E-state index is 5.73. The van der Waals surface area contributed by atoms with Crippen LogP contribution in [0.15, 0.2) is 46.9 Å². The number of hydrogen-bond donors (Lipinski definition) is 0. The minimum absolute atomic E-state index is 0.898. The van der Waals surface area contributed by atoms with E-state index < -0.39 is 0 Å². The number of para-hydroxylation sites is 1. The van der Waals surface area contributed by atoms with Gasteiger partial charge in [-0.3, -0.25) is 0 Å². The standard InChI is InChI=1S/C13H8OS/c15-8-9-4-3-7-12-13(9)10-5-1-2-6-11(10)14-12/h1-8H. The minimum atomic E-state index is 0.898. The lowest BCUT2D eigenvalue weighted by Gasteiger charge is -1.93. The number of furan rings is 1. The molecule has 0 fully saturated rings. The van der Waals surface area contributed by atoms with Crippen LogP contribution < -0.4 is 0 Å². The molecule has 0 radical (unpaired) electrons. The summed E-state index contributed by atoms with van der Waals surface area (Å²) in [6.45, 7) is 0. The highest BCUT2D eigenvalue weighted by molar-refractivity contribution is 7.79. The number of benzene rings is 2. The molecule has 1 nitrogen and oxygen atoms in total. The van der Waals surface area contributed by atoms with Crippen molar-refractivity contribution in [2.24, 2.45) is 0 Å². The summed E-state index contributed by atoms with van der Waals surface area (Å²) in [7, 11) is 0. The summed E-state index contributed by atoms with van der Waals surface area (Å²) in [6.07, 6.45) is 0. The molecule has 72 valence electrons. The molecule has 0 bridgehead atoms. The molecular weight excluding hydrogens is 204 g/mol. The Labute approximate surface area is 92.3 Å². The Morgan fingerprint density at radius 1 is 0.933 bits per heavy atom. The Morgan fingerprint density at radius 3 is 2.60 bits per heavy atom. The predicted molar refractivity (Wildman–Crippen MR) is 66.5 cm³/mol. The third-order valence-electron chi connectivity index (χ3n) is 2.56. The van der Waals surface area contributed by atoms with Gasteiger partial charge in [0, 0.05) is 16.1 Å². The van der Waals surface area contributed by atoms with E-state index in [0.29, 0.717) is 0 Å². The van der Waals surface area contributed by atoms with Gasteiger partial charge < -0.3 is 4.42 Å². The molecule has 0 spiro atoms. The average molecular weight is 212 g/mol. The molecule has 2 aromatic carbocycles. The third kappa shape index (κ3) is 1.18. The minimum Gasteiger partial charge on any atom is -0.456 e. The van der Waals surface area contributed by atoms with Crippen molar-refractivity contribution in [3.63, 3.8) is 0 Å². The van der Waals surface area contributed by atoms with Crippen LogP contribution in [0.3, 0.4) is 0 Å². The van der Waals surface area contributed by atoms with E-state index in [4.69, 9.17) is 16.6 Å². The quantitative estimate of drug-likeness (QED) is 0.567. The number of hydrogen-bond acceptors (Lipinski definition) is 2. The van der Waals surface area contributed by atoms with Crippen LogP contribution in [0.4, 0.5) is 0 Å². The first-order chi connectivity index (χ1) is 7.40. The largest absolute Gasteiger partial charge is 0.456 e. The summed E-state index contributed by atoms with van der Waals surface area (Å²) >= 11 is 5.01. The van der Waals surface area contributed by atoms with Gasteiger partial charge in [0.1, 0.15) is 11.2 Å². The van der Waals surface area contributed by atoms with Crippen molar-refractivity contribution in [2.75, 3.05) is 0 Å². The van der Waals surface area contributed by atoms with Gasteiger partial charge >= 0.3 is 0 Å². The number of thiocarbonyl (C=S) groups is 1. The van der Waals surface area contributed by atoms with Crippen LogP contribution in [-0.4, -0.2) is 5.37 Å². The SMILES string of the molecule is S=Cc1cccc2oc3ccccc3c12. The molecule has 1 heterocycles. The van der Waals surface area contributed by atoms with Gasteiger partial charge in [0.15, 0.2) is 0 Å². The Hall–Kier alpha value is -1.67. The second kappa shape index (κ2) is 3.17. The van der Waals surface area contributed by atoms with Crippen LogP contribution in [0.5, 0.6) is 0 Å². The maximum absolute atomic E-state index is 5.73. The van der Waals surface area contributed by atoms with Gasteiger partial charge in [0.05, 0.1) is 0 Å². The fourth-order valence-corrected chi connectivity index (χ4v) is 2.10. The molecule has 3 aromatic rings. The Balaban J connectivity index is 2.62. The van der Waals surface area contributed by atoms with Gasteiger partial charge in [-0.05, 0) is 17.7 Å². The molecule has 0 aliphatic heterocycles. The molecule has 2 heteroatoms. The lowest BCUT2D eigenvalue weighted by Crippen LogP contribution is -1.78. The number of fused-ring (bicyclic) bond motifs is 3. The van der Waals surface area contributed by atoms with Crippen molar-refractivity contribution >= 4 is 39.5 Å². The molecule has 0 saturated carbocycles. The van der Waals surface area contributed by atoms with E-state index in [-0.39, 0.29) is 0 Å². The molecule has 0 unspecified atom stereocenters. The first-order valence-electron chi connectivity index (χ1n) is 4.75. The highest BCUT2D eigenvalue weighted by Gasteiger charge is 2.07. The van der Waals surface area contributed by atoms with Gasteiger partial charge in [-0.25, -0.2) is 0 Å². The van der Waals surface area contributed by atoms with Crippen LogP contribution in [0, 0.1) is 0 Å². The fourth-order valence-electron chi connectivity index (χ4n) is 1.90. The maximum Gasteiger partial charge on any atom is 0.136 e. The summed E-state index contributed by atoms with van der Waals surface area (Å²) in [4.78, 5) is 0. The highest BCUT2D eigenvalue weighted by atomic mass is 32.1. The molecule has 0 aliphatic rings. The van der Waals surface area contributed by atoms with Crippen molar-refractivity contribution in [3.05, 3.63) is 48.0 Å². The normalized spacial score (nSPS) is 10.9. The molecule has 0 amide bonds. The van der Waals surface area contributed by atoms with Gasteiger partial charge in [-0.1, -0.05) is 42.5 Å². The lowest BCUT2D eigenvalue weighted by atomic mass is 10.1. The van der Waals surface area contributed by atoms with Crippen LogP contribution >= 0.6 is 12.2 Å². The number of rotatable bonds is 1.